The summed E-state index contributed by atoms with van der Waals surface area (Å²) in [6, 6.07) is 41.0. The van der Waals surface area contributed by atoms with Crippen molar-refractivity contribution in [1.82, 2.24) is 0 Å². The van der Waals surface area contributed by atoms with Gasteiger partial charge in [-0.2, -0.15) is 0 Å². The average Bonchev–Trinajstić information content (AvgIpc) is 2.93. The molecule has 0 bridgehead atoms. The van der Waals surface area contributed by atoms with Crippen LogP contribution in [0.2, 0.25) is 0 Å². The Bertz CT molecular complexity index is 1680. The molecule has 6 aromatic carbocycles. The second kappa shape index (κ2) is 8.91. The summed E-state index contributed by atoms with van der Waals surface area (Å²) in [5, 5.41) is 15.7. The first-order chi connectivity index (χ1) is 17.3. The van der Waals surface area contributed by atoms with Gasteiger partial charge < -0.3 is 9.63 Å². The second-order valence-electron chi connectivity index (χ2n) is 8.57. The van der Waals surface area contributed by atoms with E-state index in [2.05, 4.69) is 58.0 Å². The van der Waals surface area contributed by atoms with Gasteiger partial charge in [-0.05, 0) is 45.2 Å². The van der Waals surface area contributed by atoms with Crippen LogP contribution in [0.3, 0.4) is 0 Å². The summed E-state index contributed by atoms with van der Waals surface area (Å²) in [5.74, 6) is 0.965. The first-order valence-electron chi connectivity index (χ1n) is 11.5. The van der Waals surface area contributed by atoms with Crippen molar-refractivity contribution in [3.63, 3.8) is 0 Å². The summed E-state index contributed by atoms with van der Waals surface area (Å²) >= 11 is 0. The van der Waals surface area contributed by atoms with Crippen molar-refractivity contribution >= 4 is 31.0 Å². The minimum absolute atomic E-state index is 0.248. The van der Waals surface area contributed by atoms with E-state index in [9.17, 15) is 5.11 Å². The van der Waals surface area contributed by atoms with Gasteiger partial charge in [0.05, 0.1) is 9.47 Å². The molecule has 3 heteroatoms. The van der Waals surface area contributed by atoms with Crippen LogP contribution in [0.25, 0.3) is 54.9 Å². The van der Waals surface area contributed by atoms with E-state index in [0.717, 1.165) is 60.7 Å². The molecule has 0 aliphatic rings. The van der Waals surface area contributed by atoms with Crippen molar-refractivity contribution in [2.75, 3.05) is 0 Å². The van der Waals surface area contributed by atoms with Crippen LogP contribution >= 0.6 is 9.47 Å². The smallest absolute Gasteiger partial charge is 0.138 e. The van der Waals surface area contributed by atoms with Gasteiger partial charge in [-0.25, -0.2) is 0 Å². The van der Waals surface area contributed by atoms with Gasteiger partial charge in [0, 0.05) is 21.9 Å². The van der Waals surface area contributed by atoms with Gasteiger partial charge >= 0.3 is 0 Å². The van der Waals surface area contributed by atoms with E-state index in [1.807, 2.05) is 72.8 Å². The average molecular weight is 471 g/mol. The Morgan fingerprint density at radius 3 is 1.54 bits per heavy atom. The fraction of sp³-hybridized carbons (Fsp3) is 0. The van der Waals surface area contributed by atoms with E-state index >= 15 is 0 Å². The number of rotatable bonds is 4. The summed E-state index contributed by atoms with van der Waals surface area (Å²) in [6.07, 6.45) is 0. The number of hydrogen-bond acceptors (Lipinski definition) is 2. The van der Waals surface area contributed by atoms with E-state index in [0.29, 0.717) is 0 Å². The number of benzene rings is 6. The molecule has 35 heavy (non-hydrogen) atoms. The number of aromatic hydroxyl groups is 1. The van der Waals surface area contributed by atoms with E-state index in [4.69, 9.17) is 4.52 Å². The lowest BCUT2D eigenvalue weighted by Gasteiger charge is -2.22. The maximum atomic E-state index is 11.8. The third-order valence-corrected chi connectivity index (χ3v) is 6.80. The molecule has 2 nitrogen and oxygen atoms in total. The molecular formula is C32H23O2P. The molecule has 1 N–H and O–H groups in total. The van der Waals surface area contributed by atoms with Gasteiger partial charge in [0.15, 0.2) is 0 Å². The van der Waals surface area contributed by atoms with Gasteiger partial charge in [0.2, 0.25) is 0 Å². The van der Waals surface area contributed by atoms with Gasteiger partial charge in [-0.3, -0.25) is 0 Å². The molecule has 1 atom stereocenters. The van der Waals surface area contributed by atoms with Crippen molar-refractivity contribution < 1.29 is 9.63 Å². The standard InChI is InChI=1S/C32H23O2P/c33-31-25-17-9-7-15-23(25)19-27(21-11-3-1-4-12-21)29(31)30-28(22-13-5-2-6-14-22)20-24-16-8-10-18-26(24)32(30)34-35/h1-20,33H,35H2. The maximum absolute atomic E-state index is 11.8. The predicted octanol–water partition coefficient (Wildman–Crippen LogP) is 8.87. The summed E-state index contributed by atoms with van der Waals surface area (Å²) in [7, 11) is 2.42. The fourth-order valence-corrected chi connectivity index (χ4v) is 5.20. The van der Waals surface area contributed by atoms with Crippen molar-refractivity contribution in [2.24, 2.45) is 0 Å². The Morgan fingerprint density at radius 2 is 0.971 bits per heavy atom. The molecule has 0 heterocycles. The predicted molar refractivity (Wildman–Crippen MR) is 150 cm³/mol. The highest BCUT2D eigenvalue weighted by Crippen LogP contribution is 2.52. The number of hydrogen-bond donors (Lipinski definition) is 1. The molecule has 6 aromatic rings. The minimum Gasteiger partial charge on any atom is -0.507 e. The fourth-order valence-electron chi connectivity index (χ4n) is 4.96. The Hall–Kier alpha value is -4.13. The van der Waals surface area contributed by atoms with Crippen molar-refractivity contribution in [3.05, 3.63) is 121 Å². The van der Waals surface area contributed by atoms with Crippen molar-refractivity contribution in [3.8, 4) is 44.9 Å². The molecular weight excluding hydrogens is 447 g/mol. The number of phenolic OH excluding ortho intramolecular Hbond substituents is 1. The van der Waals surface area contributed by atoms with Crippen LogP contribution < -0.4 is 4.52 Å². The van der Waals surface area contributed by atoms with E-state index in [1.54, 1.807) is 0 Å². The molecule has 0 amide bonds. The molecule has 0 aliphatic carbocycles. The summed E-state index contributed by atoms with van der Waals surface area (Å²) in [4.78, 5) is 0. The molecule has 0 radical (unpaired) electrons. The zero-order valence-corrected chi connectivity index (χ0v) is 20.1. The highest BCUT2D eigenvalue weighted by Gasteiger charge is 2.24. The highest BCUT2D eigenvalue weighted by atomic mass is 31.0. The molecule has 1 unspecified atom stereocenters. The molecule has 0 saturated heterocycles. The monoisotopic (exact) mass is 470 g/mol. The molecule has 0 aliphatic heterocycles. The summed E-state index contributed by atoms with van der Waals surface area (Å²) < 4.78 is 6.04. The third-order valence-electron chi connectivity index (χ3n) is 6.56. The summed E-state index contributed by atoms with van der Waals surface area (Å²) in [6.45, 7) is 0. The Morgan fingerprint density at radius 1 is 0.514 bits per heavy atom. The van der Waals surface area contributed by atoms with Crippen LogP contribution in [0.5, 0.6) is 11.5 Å². The molecule has 0 spiro atoms. The number of fused-ring (bicyclic) bond motifs is 2. The largest absolute Gasteiger partial charge is 0.507 e. The quantitative estimate of drug-likeness (QED) is 0.261. The van der Waals surface area contributed by atoms with Crippen molar-refractivity contribution in [2.45, 2.75) is 0 Å². The molecule has 0 aromatic heterocycles. The first-order valence-corrected chi connectivity index (χ1v) is 12.0. The van der Waals surface area contributed by atoms with Crippen LogP contribution in [-0.2, 0) is 0 Å². The van der Waals surface area contributed by atoms with Crippen molar-refractivity contribution in [1.29, 1.82) is 0 Å². The lowest BCUT2D eigenvalue weighted by Crippen LogP contribution is -1.95. The first kappa shape index (κ1) is 21.4. The Balaban J connectivity index is 1.83. The van der Waals surface area contributed by atoms with Gasteiger partial charge in [-0.1, -0.05) is 109 Å². The molecule has 6 rings (SSSR count). The normalized spacial score (nSPS) is 11.1. The lowest BCUT2D eigenvalue weighted by atomic mass is 9.84. The zero-order chi connectivity index (χ0) is 23.8. The second-order valence-corrected chi connectivity index (χ2v) is 8.80. The zero-order valence-electron chi connectivity index (χ0n) is 19.0. The van der Waals surface area contributed by atoms with Gasteiger partial charge in [0.1, 0.15) is 11.5 Å². The van der Waals surface area contributed by atoms with Crippen LogP contribution in [0.15, 0.2) is 121 Å². The van der Waals surface area contributed by atoms with Gasteiger partial charge in [-0.15, -0.1) is 0 Å². The third kappa shape index (κ3) is 3.64. The van der Waals surface area contributed by atoms with E-state index < -0.39 is 0 Å². The Kier molecular flexibility index (Phi) is 5.45. The molecule has 0 saturated carbocycles. The Labute approximate surface area is 206 Å². The molecule has 168 valence electrons. The van der Waals surface area contributed by atoms with E-state index in [-0.39, 0.29) is 5.75 Å². The van der Waals surface area contributed by atoms with Crippen LogP contribution in [0.1, 0.15) is 0 Å². The molecule has 0 fully saturated rings. The van der Waals surface area contributed by atoms with E-state index in [1.165, 1.54) is 0 Å². The SMILES string of the molecule is Oc1c(-c2c(-c3ccccc3)cc3ccccc3c2OP)c(-c2ccccc2)cc2ccccc12. The van der Waals surface area contributed by atoms with Gasteiger partial charge in [0.25, 0.3) is 0 Å². The number of phenols is 1. The van der Waals surface area contributed by atoms with Crippen LogP contribution in [0, 0.1) is 0 Å². The van der Waals surface area contributed by atoms with Crippen LogP contribution in [0.4, 0.5) is 0 Å². The summed E-state index contributed by atoms with van der Waals surface area (Å²) in [5.41, 5.74) is 5.68. The lowest BCUT2D eigenvalue weighted by molar-refractivity contribution is 0.483. The minimum atomic E-state index is 0.248. The highest BCUT2D eigenvalue weighted by molar-refractivity contribution is 7.10. The van der Waals surface area contributed by atoms with Crippen LogP contribution in [-0.4, -0.2) is 5.11 Å². The topological polar surface area (TPSA) is 29.5 Å². The maximum Gasteiger partial charge on any atom is 0.138 e.